The molecule has 1 atom stereocenters. The fraction of sp³-hybridized carbons (Fsp3) is 0.280. The lowest BCUT2D eigenvalue weighted by atomic mass is 9.79. The molecule has 4 rings (SSSR count). The van der Waals surface area contributed by atoms with Crippen molar-refractivity contribution in [3.05, 3.63) is 94.3 Å². The molecular weight excluding hydrogens is 357 g/mol. The highest BCUT2D eigenvalue weighted by atomic mass is 19.1. The van der Waals surface area contributed by atoms with E-state index in [1.54, 1.807) is 24.3 Å². The molecule has 3 aromatic carbocycles. The van der Waals surface area contributed by atoms with Gasteiger partial charge in [-0.05, 0) is 89.8 Å². The van der Waals surface area contributed by atoms with Crippen molar-refractivity contribution in [3.63, 3.8) is 0 Å². The van der Waals surface area contributed by atoms with Crippen LogP contribution in [0.5, 0.6) is 0 Å². The van der Waals surface area contributed by atoms with Crippen LogP contribution < -0.4 is 0 Å². The van der Waals surface area contributed by atoms with Gasteiger partial charge in [0.15, 0.2) is 0 Å². The van der Waals surface area contributed by atoms with E-state index in [2.05, 4.69) is 6.92 Å². The topological polar surface area (TPSA) is 0 Å². The Morgan fingerprint density at radius 3 is 2.36 bits per heavy atom. The van der Waals surface area contributed by atoms with Crippen molar-refractivity contribution in [1.82, 2.24) is 0 Å². The molecule has 0 aliphatic heterocycles. The maximum absolute atomic E-state index is 14.7. The quantitative estimate of drug-likeness (QED) is 0.457. The number of hydrogen-bond donors (Lipinski definition) is 0. The Hall–Kier alpha value is -2.55. The van der Waals surface area contributed by atoms with E-state index in [-0.39, 0.29) is 23.4 Å². The predicted octanol–water partition coefficient (Wildman–Crippen LogP) is 7.00. The maximum Gasteiger partial charge on any atom is 0.131 e. The lowest BCUT2D eigenvalue weighted by molar-refractivity contribution is 0.529. The van der Waals surface area contributed by atoms with Gasteiger partial charge in [-0.25, -0.2) is 13.2 Å². The Morgan fingerprint density at radius 1 is 0.857 bits per heavy atom. The van der Waals surface area contributed by atoms with Crippen molar-refractivity contribution in [2.75, 3.05) is 0 Å². The Bertz CT molecular complexity index is 989. The first-order valence-corrected chi connectivity index (χ1v) is 9.90. The summed E-state index contributed by atoms with van der Waals surface area (Å²) in [6.07, 6.45) is 4.13. The maximum atomic E-state index is 14.7. The number of halogens is 3. The van der Waals surface area contributed by atoms with Gasteiger partial charge in [0.05, 0.1) is 0 Å². The summed E-state index contributed by atoms with van der Waals surface area (Å²) >= 11 is 0. The van der Waals surface area contributed by atoms with Gasteiger partial charge in [0.2, 0.25) is 0 Å². The molecule has 0 bridgehead atoms. The Morgan fingerprint density at radius 2 is 1.64 bits per heavy atom. The molecular formula is C25H23F3. The van der Waals surface area contributed by atoms with Crippen LogP contribution >= 0.6 is 0 Å². The van der Waals surface area contributed by atoms with Gasteiger partial charge >= 0.3 is 0 Å². The summed E-state index contributed by atoms with van der Waals surface area (Å²) < 4.78 is 42.5. The van der Waals surface area contributed by atoms with Crippen molar-refractivity contribution in [1.29, 1.82) is 0 Å². The van der Waals surface area contributed by atoms with Gasteiger partial charge in [-0.1, -0.05) is 37.6 Å². The van der Waals surface area contributed by atoms with Crippen molar-refractivity contribution >= 4 is 0 Å². The Kier molecular flexibility index (Phi) is 5.25. The second kappa shape index (κ2) is 7.83. The number of fused-ring (bicyclic) bond motifs is 1. The third-order valence-corrected chi connectivity index (χ3v) is 5.72. The number of rotatable bonds is 4. The molecule has 0 amide bonds. The first-order valence-electron chi connectivity index (χ1n) is 9.90. The molecule has 0 saturated carbocycles. The highest BCUT2D eigenvalue weighted by molar-refractivity contribution is 5.66. The number of benzene rings is 3. The Balaban J connectivity index is 1.61. The molecule has 0 spiro atoms. The van der Waals surface area contributed by atoms with E-state index in [0.717, 1.165) is 47.9 Å². The third-order valence-electron chi connectivity index (χ3n) is 5.72. The van der Waals surface area contributed by atoms with Gasteiger partial charge in [0.25, 0.3) is 0 Å². The van der Waals surface area contributed by atoms with Crippen LogP contribution in [0.3, 0.4) is 0 Å². The van der Waals surface area contributed by atoms with Crippen LogP contribution in [0.25, 0.3) is 11.1 Å². The van der Waals surface area contributed by atoms with Crippen molar-refractivity contribution < 1.29 is 13.2 Å². The zero-order chi connectivity index (χ0) is 19.7. The number of aryl methyl sites for hydroxylation is 2. The normalized spacial score (nSPS) is 16.1. The lowest BCUT2D eigenvalue weighted by Gasteiger charge is -2.26. The van der Waals surface area contributed by atoms with Crippen LogP contribution in [0.4, 0.5) is 13.2 Å². The van der Waals surface area contributed by atoms with Crippen LogP contribution in [-0.4, -0.2) is 0 Å². The minimum atomic E-state index is -0.336. The molecule has 1 unspecified atom stereocenters. The molecule has 3 heteroatoms. The average Bonchev–Trinajstić information content (AvgIpc) is 2.68. The zero-order valence-electron chi connectivity index (χ0n) is 15.9. The van der Waals surface area contributed by atoms with Gasteiger partial charge in [0.1, 0.15) is 17.5 Å². The largest absolute Gasteiger partial charge is 0.207 e. The minimum Gasteiger partial charge on any atom is -0.207 e. The fourth-order valence-electron chi connectivity index (χ4n) is 4.24. The fourth-order valence-corrected chi connectivity index (χ4v) is 4.24. The molecule has 0 nitrogen and oxygen atoms in total. The smallest absolute Gasteiger partial charge is 0.131 e. The van der Waals surface area contributed by atoms with Crippen LogP contribution in [0.2, 0.25) is 0 Å². The monoisotopic (exact) mass is 380 g/mol. The molecule has 0 radical (unpaired) electrons. The van der Waals surface area contributed by atoms with Crippen LogP contribution in [0, 0.1) is 17.5 Å². The SMILES string of the molecule is CCCc1ccc(C2CCc3cc(-c4ccc(F)cc4)c(F)cc3C2)c(F)c1. The molecule has 0 aromatic heterocycles. The van der Waals surface area contributed by atoms with E-state index in [1.165, 1.54) is 12.1 Å². The summed E-state index contributed by atoms with van der Waals surface area (Å²) in [6.45, 7) is 2.08. The second-order valence-electron chi connectivity index (χ2n) is 7.65. The molecule has 0 fully saturated rings. The third kappa shape index (κ3) is 3.71. The zero-order valence-corrected chi connectivity index (χ0v) is 15.9. The summed E-state index contributed by atoms with van der Waals surface area (Å²) in [5.41, 5.74) is 4.95. The molecule has 1 aliphatic rings. The van der Waals surface area contributed by atoms with E-state index in [4.69, 9.17) is 0 Å². The second-order valence-corrected chi connectivity index (χ2v) is 7.65. The highest BCUT2D eigenvalue weighted by Gasteiger charge is 2.24. The summed E-state index contributed by atoms with van der Waals surface area (Å²) in [5.74, 6) is -0.733. The summed E-state index contributed by atoms with van der Waals surface area (Å²) in [4.78, 5) is 0. The predicted molar refractivity (Wildman–Crippen MR) is 107 cm³/mol. The van der Waals surface area contributed by atoms with Crippen molar-refractivity contribution in [3.8, 4) is 11.1 Å². The average molecular weight is 380 g/mol. The molecule has 28 heavy (non-hydrogen) atoms. The van der Waals surface area contributed by atoms with Gasteiger partial charge in [0, 0.05) is 5.56 Å². The molecule has 0 heterocycles. The highest BCUT2D eigenvalue weighted by Crippen LogP contribution is 2.37. The molecule has 0 saturated heterocycles. The summed E-state index contributed by atoms with van der Waals surface area (Å²) in [5, 5.41) is 0. The van der Waals surface area contributed by atoms with Crippen LogP contribution in [0.1, 0.15) is 47.9 Å². The minimum absolute atomic E-state index is 0.0687. The molecule has 144 valence electrons. The van der Waals surface area contributed by atoms with Gasteiger partial charge in [-0.2, -0.15) is 0 Å². The van der Waals surface area contributed by atoms with Crippen LogP contribution in [-0.2, 0) is 19.3 Å². The van der Waals surface area contributed by atoms with Gasteiger partial charge < -0.3 is 0 Å². The number of hydrogen-bond acceptors (Lipinski definition) is 0. The van der Waals surface area contributed by atoms with E-state index in [0.29, 0.717) is 17.5 Å². The van der Waals surface area contributed by atoms with E-state index >= 15 is 0 Å². The standard InChI is InChI=1S/C25H23F3/c1-2-3-16-4-11-22(24(27)12-16)19-6-5-18-14-23(25(28)15-20(18)13-19)17-7-9-21(26)10-8-17/h4,7-12,14-15,19H,2-3,5-6,13H2,1H3. The van der Waals surface area contributed by atoms with E-state index < -0.39 is 0 Å². The Labute approximate surface area is 164 Å². The molecule has 1 aliphatic carbocycles. The summed E-state index contributed by atoms with van der Waals surface area (Å²) in [7, 11) is 0. The van der Waals surface area contributed by atoms with Crippen LogP contribution in [0.15, 0.2) is 54.6 Å². The van der Waals surface area contributed by atoms with Crippen molar-refractivity contribution in [2.24, 2.45) is 0 Å². The lowest BCUT2D eigenvalue weighted by Crippen LogP contribution is -2.15. The van der Waals surface area contributed by atoms with Gasteiger partial charge in [-0.15, -0.1) is 0 Å². The summed E-state index contributed by atoms with van der Waals surface area (Å²) in [6, 6.07) is 14.9. The molecule has 0 N–H and O–H groups in total. The van der Waals surface area contributed by atoms with Crippen molar-refractivity contribution in [2.45, 2.75) is 44.9 Å². The van der Waals surface area contributed by atoms with Gasteiger partial charge in [-0.3, -0.25) is 0 Å². The van der Waals surface area contributed by atoms with E-state index in [9.17, 15) is 13.2 Å². The molecule has 3 aromatic rings. The first kappa shape index (κ1) is 18.8. The first-order chi connectivity index (χ1) is 13.5. The van der Waals surface area contributed by atoms with E-state index in [1.807, 2.05) is 18.2 Å².